The molecule has 1 aliphatic rings. The average molecular weight is 489 g/mol. The zero-order chi connectivity index (χ0) is 25.1. The van der Waals surface area contributed by atoms with Crippen LogP contribution in [0.1, 0.15) is 45.7 Å². The topological polar surface area (TPSA) is 71.6 Å². The standard InChI is InChI=1S/C19H24N4OS2.C2H6.CHF3/c1-6-7-15-9-16(11-21-10-15)13(2)8-14(3)18(25)17-12-26(5,24)23(4)19(20)22-17;1-2;2-1(3)4/h8-11,17,25H,5,12H2,1-4H3,(H2,20,22);1-2H3;1H/b13-8+,18-14-;;. The van der Waals surface area contributed by atoms with Crippen molar-refractivity contribution in [2.75, 3.05) is 12.8 Å². The van der Waals surface area contributed by atoms with E-state index in [1.165, 1.54) is 4.31 Å². The van der Waals surface area contributed by atoms with E-state index >= 15 is 0 Å². The number of rotatable bonds is 3. The van der Waals surface area contributed by atoms with Gasteiger partial charge in [-0.25, -0.2) is 9.20 Å². The van der Waals surface area contributed by atoms with Crippen LogP contribution in [0, 0.1) is 11.8 Å². The summed E-state index contributed by atoms with van der Waals surface area (Å²) in [6.07, 6.45) is 5.55. The molecule has 2 atom stereocenters. The van der Waals surface area contributed by atoms with E-state index < -0.39 is 16.4 Å². The number of alkyl halides is 3. The summed E-state index contributed by atoms with van der Waals surface area (Å²) in [7, 11) is -0.841. The van der Waals surface area contributed by atoms with E-state index in [-0.39, 0.29) is 17.8 Å². The van der Waals surface area contributed by atoms with E-state index in [4.69, 9.17) is 5.73 Å². The summed E-state index contributed by atoms with van der Waals surface area (Å²) in [6.45, 7) is 6.08. The summed E-state index contributed by atoms with van der Waals surface area (Å²) in [4.78, 5) is 9.37. The summed E-state index contributed by atoms with van der Waals surface area (Å²) in [5.41, 5.74) is 9.70. The molecule has 0 saturated heterocycles. The Morgan fingerprint density at radius 2 is 1.94 bits per heavy atom. The van der Waals surface area contributed by atoms with Crippen molar-refractivity contribution in [3.05, 3.63) is 46.1 Å². The minimum absolute atomic E-state index is 0.219. The smallest absolute Gasteiger partial charge is 0.369 e. The predicted octanol–water partition coefficient (Wildman–Crippen LogP) is 4.52. The van der Waals surface area contributed by atoms with Crippen LogP contribution >= 0.6 is 12.6 Å². The van der Waals surface area contributed by atoms with Crippen LogP contribution in [0.4, 0.5) is 13.2 Å². The van der Waals surface area contributed by atoms with Crippen LogP contribution in [0.15, 0.2) is 40.0 Å². The lowest BCUT2D eigenvalue weighted by Crippen LogP contribution is -2.47. The molecule has 1 aliphatic heterocycles. The van der Waals surface area contributed by atoms with Crippen LogP contribution in [0.3, 0.4) is 0 Å². The molecule has 2 unspecified atom stereocenters. The Kier molecular flexibility index (Phi) is 12.9. The second-order valence-electron chi connectivity index (χ2n) is 6.42. The summed E-state index contributed by atoms with van der Waals surface area (Å²) in [5.74, 6) is 10.2. The fourth-order valence-corrected chi connectivity index (χ4v) is 4.24. The van der Waals surface area contributed by atoms with E-state index in [9.17, 15) is 17.4 Å². The Labute approximate surface area is 195 Å². The van der Waals surface area contributed by atoms with E-state index in [1.54, 1.807) is 26.4 Å². The SMILES string of the molecule is C=S1(=O)CC(/C(S)=C(C)/C=C(\C)c2cncc(C#CC)c2)N=C(N)N1C.CC.FC(F)F. The van der Waals surface area contributed by atoms with E-state index in [1.807, 2.05) is 39.8 Å². The number of aromatic nitrogens is 1. The molecular formula is C22H31F3N4OS2. The Hall–Kier alpha value is -2.38. The van der Waals surface area contributed by atoms with E-state index in [0.29, 0.717) is 0 Å². The minimum Gasteiger partial charge on any atom is -0.369 e. The van der Waals surface area contributed by atoms with E-state index in [0.717, 1.165) is 27.2 Å². The molecule has 10 heteroatoms. The Morgan fingerprint density at radius 1 is 1.38 bits per heavy atom. The molecule has 2 heterocycles. The monoisotopic (exact) mass is 488 g/mol. The Morgan fingerprint density at radius 3 is 2.44 bits per heavy atom. The fourth-order valence-electron chi connectivity index (χ4n) is 2.56. The van der Waals surface area contributed by atoms with Gasteiger partial charge in [-0.15, -0.1) is 18.5 Å². The van der Waals surface area contributed by atoms with Crippen LogP contribution in [0.2, 0.25) is 0 Å². The number of thiol groups is 1. The second kappa shape index (κ2) is 13.9. The van der Waals surface area contributed by atoms with Crippen molar-refractivity contribution < 1.29 is 17.4 Å². The van der Waals surface area contributed by atoms with Crippen molar-refractivity contribution in [1.29, 1.82) is 0 Å². The first-order chi connectivity index (χ1) is 14.9. The van der Waals surface area contributed by atoms with Crippen LogP contribution in [-0.2, 0) is 9.71 Å². The molecular weight excluding hydrogens is 457 g/mol. The highest BCUT2D eigenvalue weighted by molar-refractivity contribution is 7.98. The maximum absolute atomic E-state index is 12.6. The molecule has 0 saturated carbocycles. The predicted molar refractivity (Wildman–Crippen MR) is 134 cm³/mol. The third-order valence-electron chi connectivity index (χ3n) is 4.14. The van der Waals surface area contributed by atoms with Gasteiger partial charge in [-0.05, 0) is 49.4 Å². The van der Waals surface area contributed by atoms with Crippen molar-refractivity contribution in [3.8, 4) is 11.8 Å². The zero-order valence-electron chi connectivity index (χ0n) is 19.2. The number of hydrogen-bond acceptors (Lipinski definition) is 5. The molecule has 0 fully saturated rings. The van der Waals surface area contributed by atoms with Crippen LogP contribution in [0.25, 0.3) is 5.57 Å². The summed E-state index contributed by atoms with van der Waals surface area (Å²) in [5, 5.41) is 0. The van der Waals surface area contributed by atoms with Gasteiger partial charge in [0.15, 0.2) is 0 Å². The molecule has 1 aromatic heterocycles. The van der Waals surface area contributed by atoms with Crippen molar-refractivity contribution in [3.63, 3.8) is 0 Å². The molecule has 0 bridgehead atoms. The van der Waals surface area contributed by atoms with Gasteiger partial charge in [-0.3, -0.25) is 9.29 Å². The minimum atomic E-state index is -3.67. The lowest BCUT2D eigenvalue weighted by atomic mass is 10.0. The molecule has 2 N–H and O–H groups in total. The number of halogens is 3. The molecule has 0 radical (unpaired) electrons. The molecule has 0 aromatic carbocycles. The molecule has 5 nitrogen and oxygen atoms in total. The third-order valence-corrected chi connectivity index (χ3v) is 6.82. The van der Waals surface area contributed by atoms with Crippen LogP contribution in [0.5, 0.6) is 0 Å². The average Bonchev–Trinajstić information content (AvgIpc) is 2.72. The van der Waals surface area contributed by atoms with Gasteiger partial charge in [0, 0.05) is 29.9 Å². The highest BCUT2D eigenvalue weighted by atomic mass is 32.2. The second-order valence-corrected chi connectivity index (χ2v) is 9.33. The normalized spacial score (nSPS) is 21.1. The van der Waals surface area contributed by atoms with Crippen molar-refractivity contribution in [2.24, 2.45) is 10.7 Å². The molecule has 178 valence electrons. The number of nitrogens with zero attached hydrogens (tertiary/aromatic N) is 3. The summed E-state index contributed by atoms with van der Waals surface area (Å²) < 4.78 is 43.0. The first kappa shape index (κ1) is 29.6. The van der Waals surface area contributed by atoms with Crippen molar-refractivity contribution in [2.45, 2.75) is 47.3 Å². The quantitative estimate of drug-likeness (QED) is 0.284. The van der Waals surface area contributed by atoms with Gasteiger partial charge in [0.1, 0.15) is 0 Å². The molecule has 2 rings (SSSR count). The number of guanidine groups is 1. The van der Waals surface area contributed by atoms with Crippen LogP contribution in [-0.4, -0.2) is 50.8 Å². The number of nitrogens with two attached hydrogens (primary N) is 1. The first-order valence-electron chi connectivity index (χ1n) is 9.69. The first-order valence-corrected chi connectivity index (χ1v) is 12.0. The lowest BCUT2D eigenvalue weighted by molar-refractivity contribution is 0.00819. The number of aliphatic imine (C=N–C) groups is 1. The molecule has 0 amide bonds. The maximum Gasteiger partial charge on any atom is 0.379 e. The van der Waals surface area contributed by atoms with Gasteiger partial charge in [-0.2, -0.15) is 13.2 Å². The highest BCUT2D eigenvalue weighted by Crippen LogP contribution is 2.25. The zero-order valence-corrected chi connectivity index (χ0v) is 20.9. The number of hydrogen-bond donors (Lipinski definition) is 2. The van der Waals surface area contributed by atoms with Gasteiger partial charge in [0.05, 0.1) is 21.5 Å². The van der Waals surface area contributed by atoms with Gasteiger partial charge in [0.25, 0.3) is 0 Å². The third kappa shape index (κ3) is 9.40. The Balaban J connectivity index is 0.00000144. The maximum atomic E-state index is 12.6. The number of allylic oxidation sites excluding steroid dienone is 3. The van der Waals surface area contributed by atoms with Crippen molar-refractivity contribution >= 4 is 39.7 Å². The molecule has 0 spiro atoms. The van der Waals surface area contributed by atoms with Gasteiger partial charge >= 0.3 is 6.68 Å². The summed E-state index contributed by atoms with van der Waals surface area (Å²) >= 11 is 4.62. The van der Waals surface area contributed by atoms with Gasteiger partial charge in [0.2, 0.25) is 5.96 Å². The van der Waals surface area contributed by atoms with Crippen molar-refractivity contribution in [1.82, 2.24) is 9.29 Å². The fraction of sp³-hybridized carbons (Fsp3) is 0.409. The Bertz CT molecular complexity index is 1020. The van der Waals surface area contributed by atoms with Crippen LogP contribution < -0.4 is 5.73 Å². The molecule has 0 aliphatic carbocycles. The van der Waals surface area contributed by atoms with E-state index in [2.05, 4.69) is 40.3 Å². The summed E-state index contributed by atoms with van der Waals surface area (Å²) in [6, 6.07) is 1.63. The lowest BCUT2D eigenvalue weighted by Gasteiger charge is -2.31. The molecule has 1 aromatic rings. The van der Waals surface area contributed by atoms with Gasteiger partial charge in [-0.1, -0.05) is 25.8 Å². The highest BCUT2D eigenvalue weighted by Gasteiger charge is 2.27. The number of pyridine rings is 1. The molecule has 32 heavy (non-hydrogen) atoms. The van der Waals surface area contributed by atoms with Gasteiger partial charge < -0.3 is 5.73 Å². The largest absolute Gasteiger partial charge is 0.379 e.